The van der Waals surface area contributed by atoms with Gasteiger partial charge in [-0.05, 0) is 30.7 Å². The minimum atomic E-state index is -0.0192. The average Bonchev–Trinajstić information content (AvgIpc) is 2.16. The Kier molecular flexibility index (Phi) is 1.97. The predicted molar refractivity (Wildman–Crippen MR) is 51.3 cm³/mol. The van der Waals surface area contributed by atoms with Crippen molar-refractivity contribution in [2.24, 2.45) is 0 Å². The number of hydrogen-bond acceptors (Lipinski definition) is 2. The van der Waals surface area contributed by atoms with Crippen LogP contribution in [0.5, 0.6) is 11.5 Å². The summed E-state index contributed by atoms with van der Waals surface area (Å²) in [4.78, 5) is 0. The molecule has 2 nitrogen and oxygen atoms in total. The molecule has 0 saturated heterocycles. The first-order chi connectivity index (χ1) is 6.29. The summed E-state index contributed by atoms with van der Waals surface area (Å²) < 4.78 is 11.1. The number of aryl methyl sites for hydroxylation is 1. The van der Waals surface area contributed by atoms with Crippen LogP contribution in [0.3, 0.4) is 0 Å². The van der Waals surface area contributed by atoms with E-state index in [1.807, 2.05) is 25.1 Å². The fourth-order valence-corrected chi connectivity index (χ4v) is 1.31. The van der Waals surface area contributed by atoms with Crippen molar-refractivity contribution >= 4 is 0 Å². The molecular formula is C11H12O2. The van der Waals surface area contributed by atoms with Crippen molar-refractivity contribution in [3.05, 3.63) is 36.4 Å². The van der Waals surface area contributed by atoms with Gasteiger partial charge in [-0.1, -0.05) is 12.6 Å². The van der Waals surface area contributed by atoms with Gasteiger partial charge in [0.15, 0.2) is 17.6 Å². The molecule has 0 amide bonds. The summed E-state index contributed by atoms with van der Waals surface area (Å²) in [5.41, 5.74) is 1.17. The van der Waals surface area contributed by atoms with Crippen LogP contribution in [-0.2, 0) is 0 Å². The summed E-state index contributed by atoms with van der Waals surface area (Å²) in [6, 6.07) is 5.92. The van der Waals surface area contributed by atoms with E-state index in [1.165, 1.54) is 5.56 Å². The lowest BCUT2D eigenvalue weighted by molar-refractivity contribution is 0.123. The molecule has 1 heterocycles. The Hall–Kier alpha value is -1.44. The SMILES string of the molecule is C=CC1COc2ccc(C)cc2O1. The lowest BCUT2D eigenvalue weighted by Gasteiger charge is -2.24. The normalized spacial score (nSPS) is 19.6. The molecule has 0 aliphatic carbocycles. The molecule has 1 aliphatic heterocycles. The first-order valence-electron chi connectivity index (χ1n) is 4.32. The monoisotopic (exact) mass is 176 g/mol. The molecule has 1 aromatic rings. The Balaban J connectivity index is 2.32. The molecule has 0 spiro atoms. The summed E-state index contributed by atoms with van der Waals surface area (Å²) >= 11 is 0. The van der Waals surface area contributed by atoms with Crippen LogP contribution in [0.2, 0.25) is 0 Å². The van der Waals surface area contributed by atoms with Crippen molar-refractivity contribution in [1.82, 2.24) is 0 Å². The van der Waals surface area contributed by atoms with E-state index >= 15 is 0 Å². The van der Waals surface area contributed by atoms with E-state index < -0.39 is 0 Å². The maximum atomic E-state index is 5.62. The summed E-state index contributed by atoms with van der Waals surface area (Å²) in [7, 11) is 0. The van der Waals surface area contributed by atoms with Gasteiger partial charge in [0.05, 0.1) is 0 Å². The molecule has 1 aromatic carbocycles. The highest BCUT2D eigenvalue weighted by atomic mass is 16.6. The Bertz CT molecular complexity index is 331. The third-order valence-electron chi connectivity index (χ3n) is 2.04. The molecule has 1 aliphatic rings. The fraction of sp³-hybridized carbons (Fsp3) is 0.273. The minimum Gasteiger partial charge on any atom is -0.485 e. The largest absolute Gasteiger partial charge is 0.485 e. The Labute approximate surface area is 77.8 Å². The third-order valence-corrected chi connectivity index (χ3v) is 2.04. The van der Waals surface area contributed by atoms with E-state index in [0.717, 1.165) is 11.5 Å². The summed E-state index contributed by atoms with van der Waals surface area (Å²) in [5, 5.41) is 0. The van der Waals surface area contributed by atoms with Gasteiger partial charge >= 0.3 is 0 Å². The fourth-order valence-electron chi connectivity index (χ4n) is 1.31. The number of hydrogen-bond donors (Lipinski definition) is 0. The smallest absolute Gasteiger partial charge is 0.162 e. The first kappa shape index (κ1) is 8.17. The predicted octanol–water partition coefficient (Wildman–Crippen LogP) is 2.32. The molecule has 0 aromatic heterocycles. The molecule has 0 bridgehead atoms. The first-order valence-corrected chi connectivity index (χ1v) is 4.32. The second-order valence-corrected chi connectivity index (χ2v) is 3.15. The van der Waals surface area contributed by atoms with Gasteiger partial charge in [0.2, 0.25) is 0 Å². The molecule has 0 fully saturated rings. The van der Waals surface area contributed by atoms with E-state index in [4.69, 9.17) is 9.47 Å². The van der Waals surface area contributed by atoms with Gasteiger partial charge in [-0.3, -0.25) is 0 Å². The average molecular weight is 176 g/mol. The Morgan fingerprint density at radius 1 is 1.46 bits per heavy atom. The van der Waals surface area contributed by atoms with Gasteiger partial charge in [0.1, 0.15) is 6.61 Å². The van der Waals surface area contributed by atoms with E-state index in [-0.39, 0.29) is 6.10 Å². The topological polar surface area (TPSA) is 18.5 Å². The van der Waals surface area contributed by atoms with Crippen LogP contribution < -0.4 is 9.47 Å². The lowest BCUT2D eigenvalue weighted by atomic mass is 10.2. The summed E-state index contributed by atoms with van der Waals surface area (Å²) in [5.74, 6) is 1.64. The molecular weight excluding hydrogens is 164 g/mol. The highest BCUT2D eigenvalue weighted by molar-refractivity contribution is 5.43. The van der Waals surface area contributed by atoms with Gasteiger partial charge in [0.25, 0.3) is 0 Å². The Morgan fingerprint density at radius 2 is 2.31 bits per heavy atom. The van der Waals surface area contributed by atoms with Crippen LogP contribution in [-0.4, -0.2) is 12.7 Å². The van der Waals surface area contributed by atoms with Crippen LogP contribution in [0.15, 0.2) is 30.9 Å². The van der Waals surface area contributed by atoms with E-state index in [2.05, 4.69) is 6.58 Å². The van der Waals surface area contributed by atoms with E-state index in [0.29, 0.717) is 6.61 Å². The third kappa shape index (κ3) is 1.52. The number of rotatable bonds is 1. The van der Waals surface area contributed by atoms with Gasteiger partial charge in [-0.15, -0.1) is 0 Å². The van der Waals surface area contributed by atoms with E-state index in [9.17, 15) is 0 Å². The quantitative estimate of drug-likeness (QED) is 0.611. The standard InChI is InChI=1S/C11H12O2/c1-3-9-7-12-10-5-4-8(2)6-11(10)13-9/h3-6,9H,1,7H2,2H3. The maximum Gasteiger partial charge on any atom is 0.162 e. The summed E-state index contributed by atoms with van der Waals surface area (Å²) in [6.07, 6.45) is 1.74. The van der Waals surface area contributed by atoms with Crippen molar-refractivity contribution in [3.8, 4) is 11.5 Å². The highest BCUT2D eigenvalue weighted by Crippen LogP contribution is 2.32. The van der Waals surface area contributed by atoms with Crippen LogP contribution in [0, 0.1) is 6.92 Å². The number of fused-ring (bicyclic) bond motifs is 1. The van der Waals surface area contributed by atoms with E-state index in [1.54, 1.807) is 6.08 Å². The molecule has 1 unspecified atom stereocenters. The zero-order valence-corrected chi connectivity index (χ0v) is 7.62. The second-order valence-electron chi connectivity index (χ2n) is 3.15. The van der Waals surface area contributed by atoms with Crippen LogP contribution >= 0.6 is 0 Å². The Morgan fingerprint density at radius 3 is 3.08 bits per heavy atom. The lowest BCUT2D eigenvalue weighted by Crippen LogP contribution is -2.26. The molecule has 2 rings (SSSR count). The van der Waals surface area contributed by atoms with Crippen molar-refractivity contribution < 1.29 is 9.47 Å². The zero-order chi connectivity index (χ0) is 9.26. The highest BCUT2D eigenvalue weighted by Gasteiger charge is 2.17. The van der Waals surface area contributed by atoms with Crippen molar-refractivity contribution in [1.29, 1.82) is 0 Å². The zero-order valence-electron chi connectivity index (χ0n) is 7.62. The van der Waals surface area contributed by atoms with Crippen LogP contribution in [0.25, 0.3) is 0 Å². The molecule has 0 saturated carbocycles. The maximum absolute atomic E-state index is 5.62. The van der Waals surface area contributed by atoms with Gasteiger partial charge in [-0.25, -0.2) is 0 Å². The van der Waals surface area contributed by atoms with Crippen LogP contribution in [0.4, 0.5) is 0 Å². The molecule has 0 radical (unpaired) electrons. The molecule has 1 atom stereocenters. The number of benzene rings is 1. The van der Waals surface area contributed by atoms with Crippen molar-refractivity contribution in [2.45, 2.75) is 13.0 Å². The molecule has 0 N–H and O–H groups in total. The summed E-state index contributed by atoms with van der Waals surface area (Å²) in [6.45, 7) is 6.26. The van der Waals surface area contributed by atoms with Crippen molar-refractivity contribution in [3.63, 3.8) is 0 Å². The molecule has 68 valence electrons. The second kappa shape index (κ2) is 3.13. The van der Waals surface area contributed by atoms with Crippen molar-refractivity contribution in [2.75, 3.05) is 6.61 Å². The van der Waals surface area contributed by atoms with Crippen LogP contribution in [0.1, 0.15) is 5.56 Å². The van der Waals surface area contributed by atoms with Gasteiger partial charge in [-0.2, -0.15) is 0 Å². The number of ether oxygens (including phenoxy) is 2. The van der Waals surface area contributed by atoms with Gasteiger partial charge in [0, 0.05) is 0 Å². The molecule has 13 heavy (non-hydrogen) atoms. The minimum absolute atomic E-state index is 0.0192. The molecule has 2 heteroatoms. The van der Waals surface area contributed by atoms with Gasteiger partial charge < -0.3 is 9.47 Å².